The summed E-state index contributed by atoms with van der Waals surface area (Å²) in [4.78, 5) is 22.5. The average Bonchev–Trinajstić information content (AvgIpc) is 2.92. The van der Waals surface area contributed by atoms with Gasteiger partial charge in [0.15, 0.2) is 0 Å². The SMILES string of the molecule is O=C(c1ccc(NS(=O)(=O)c2cccc3cccnc23)cc1)N1CCC(O)(c2ncccc2C(F)(F)F)CC1. The molecule has 1 saturated heterocycles. The van der Waals surface area contributed by atoms with E-state index in [9.17, 15) is 31.5 Å². The van der Waals surface area contributed by atoms with Gasteiger partial charge in [0.1, 0.15) is 10.5 Å². The third kappa shape index (κ3) is 5.30. The van der Waals surface area contributed by atoms with Crippen LogP contribution in [-0.2, 0) is 21.8 Å². The van der Waals surface area contributed by atoms with E-state index in [1.54, 1.807) is 24.3 Å². The lowest BCUT2D eigenvalue weighted by Crippen LogP contribution is -2.46. The molecule has 0 spiro atoms. The summed E-state index contributed by atoms with van der Waals surface area (Å²) >= 11 is 0. The van der Waals surface area contributed by atoms with E-state index in [2.05, 4.69) is 14.7 Å². The maximum atomic E-state index is 13.4. The van der Waals surface area contributed by atoms with E-state index in [1.165, 1.54) is 47.6 Å². The molecule has 1 fully saturated rings. The Labute approximate surface area is 222 Å². The van der Waals surface area contributed by atoms with E-state index < -0.39 is 33.1 Å². The predicted molar refractivity (Wildman–Crippen MR) is 137 cm³/mol. The van der Waals surface area contributed by atoms with Gasteiger partial charge in [0.05, 0.1) is 16.8 Å². The number of fused-ring (bicyclic) bond motifs is 1. The maximum Gasteiger partial charge on any atom is 0.418 e. The van der Waals surface area contributed by atoms with Crippen LogP contribution in [0.5, 0.6) is 0 Å². The lowest BCUT2D eigenvalue weighted by molar-refractivity contribution is -0.142. The fourth-order valence-corrected chi connectivity index (χ4v) is 5.93. The molecule has 5 rings (SSSR count). The van der Waals surface area contributed by atoms with Crippen LogP contribution in [0.2, 0.25) is 0 Å². The van der Waals surface area contributed by atoms with Crippen molar-refractivity contribution in [2.24, 2.45) is 0 Å². The number of para-hydroxylation sites is 1. The van der Waals surface area contributed by atoms with Crippen LogP contribution >= 0.6 is 0 Å². The van der Waals surface area contributed by atoms with Crippen molar-refractivity contribution in [3.63, 3.8) is 0 Å². The minimum absolute atomic E-state index is 0.0168. The number of nitrogens with one attached hydrogen (secondary N) is 1. The zero-order valence-corrected chi connectivity index (χ0v) is 21.2. The van der Waals surface area contributed by atoms with Crippen molar-refractivity contribution in [1.29, 1.82) is 0 Å². The van der Waals surface area contributed by atoms with Gasteiger partial charge >= 0.3 is 6.18 Å². The molecule has 4 aromatic rings. The second-order valence-electron chi connectivity index (χ2n) is 9.24. The van der Waals surface area contributed by atoms with Crippen LogP contribution in [0.3, 0.4) is 0 Å². The molecule has 12 heteroatoms. The lowest BCUT2D eigenvalue weighted by atomic mass is 9.85. The van der Waals surface area contributed by atoms with Crippen molar-refractivity contribution in [1.82, 2.24) is 14.9 Å². The molecule has 2 N–H and O–H groups in total. The quantitative estimate of drug-likeness (QED) is 0.372. The molecule has 3 heterocycles. The number of halogens is 3. The van der Waals surface area contributed by atoms with Gasteiger partial charge in [0.2, 0.25) is 0 Å². The van der Waals surface area contributed by atoms with Crippen LogP contribution in [-0.4, -0.2) is 47.4 Å². The maximum absolute atomic E-state index is 13.4. The highest BCUT2D eigenvalue weighted by Crippen LogP contribution is 2.40. The molecule has 0 aliphatic carbocycles. The number of piperidine rings is 1. The summed E-state index contributed by atoms with van der Waals surface area (Å²) in [5.41, 5.74) is -2.42. The normalized spacial score (nSPS) is 15.7. The van der Waals surface area contributed by atoms with Gasteiger partial charge < -0.3 is 10.0 Å². The van der Waals surface area contributed by atoms with E-state index in [-0.39, 0.29) is 48.0 Å². The second kappa shape index (κ2) is 9.93. The van der Waals surface area contributed by atoms with Crippen LogP contribution in [0.1, 0.15) is 34.5 Å². The zero-order valence-electron chi connectivity index (χ0n) is 20.4. The highest BCUT2D eigenvalue weighted by Gasteiger charge is 2.44. The molecule has 39 heavy (non-hydrogen) atoms. The van der Waals surface area contributed by atoms with Gasteiger partial charge in [-0.15, -0.1) is 0 Å². The molecule has 2 aromatic heterocycles. The molecule has 8 nitrogen and oxygen atoms in total. The molecule has 1 aliphatic rings. The molecule has 0 atom stereocenters. The van der Waals surface area contributed by atoms with Gasteiger partial charge in [-0.2, -0.15) is 13.2 Å². The Morgan fingerprint density at radius 3 is 2.26 bits per heavy atom. The van der Waals surface area contributed by atoms with Gasteiger partial charge in [0.25, 0.3) is 15.9 Å². The Balaban J connectivity index is 1.28. The molecular formula is C27H23F3N4O4S. The number of rotatable bonds is 5. The number of alkyl halides is 3. The molecule has 202 valence electrons. The van der Waals surface area contributed by atoms with Gasteiger partial charge in [0, 0.05) is 42.1 Å². The second-order valence-corrected chi connectivity index (χ2v) is 10.9. The molecule has 1 aliphatic heterocycles. The number of aromatic nitrogens is 2. The molecule has 0 saturated carbocycles. The van der Waals surface area contributed by atoms with Crippen molar-refractivity contribution < 1.29 is 31.5 Å². The van der Waals surface area contributed by atoms with Gasteiger partial charge in [-0.25, -0.2) is 8.42 Å². The van der Waals surface area contributed by atoms with Crippen molar-refractivity contribution >= 4 is 32.5 Å². The summed E-state index contributed by atoms with van der Waals surface area (Å²) in [6.45, 7) is 0.0390. The molecular weight excluding hydrogens is 533 g/mol. The molecule has 0 unspecified atom stereocenters. The molecule has 0 radical (unpaired) electrons. The first-order valence-corrected chi connectivity index (χ1v) is 13.5. The number of hydrogen-bond acceptors (Lipinski definition) is 6. The topological polar surface area (TPSA) is 112 Å². The average molecular weight is 557 g/mol. The Bertz CT molecular complexity index is 1630. The number of aliphatic hydroxyl groups is 1. The summed E-state index contributed by atoms with van der Waals surface area (Å²) in [5.74, 6) is -0.387. The fourth-order valence-electron chi connectivity index (χ4n) is 4.69. The number of amides is 1. The van der Waals surface area contributed by atoms with E-state index >= 15 is 0 Å². The van der Waals surface area contributed by atoms with Crippen LogP contribution in [0.4, 0.5) is 18.9 Å². The number of likely N-dealkylation sites (tertiary alicyclic amines) is 1. The third-order valence-electron chi connectivity index (χ3n) is 6.70. The smallest absolute Gasteiger partial charge is 0.383 e. The first-order valence-electron chi connectivity index (χ1n) is 12.0. The largest absolute Gasteiger partial charge is 0.418 e. The van der Waals surface area contributed by atoms with E-state index in [1.807, 2.05) is 0 Å². The first-order chi connectivity index (χ1) is 18.5. The lowest BCUT2D eigenvalue weighted by Gasteiger charge is -2.38. The van der Waals surface area contributed by atoms with E-state index in [4.69, 9.17) is 0 Å². The highest BCUT2D eigenvalue weighted by atomic mass is 32.2. The van der Waals surface area contributed by atoms with Gasteiger partial charge in [-0.05, 0) is 61.4 Å². The van der Waals surface area contributed by atoms with Crippen LogP contribution in [0.25, 0.3) is 10.9 Å². The highest BCUT2D eigenvalue weighted by molar-refractivity contribution is 7.93. The minimum Gasteiger partial charge on any atom is -0.383 e. The Morgan fingerprint density at radius 2 is 1.56 bits per heavy atom. The Hall–Kier alpha value is -4.03. The third-order valence-corrected chi connectivity index (χ3v) is 8.11. The van der Waals surface area contributed by atoms with E-state index in [0.717, 1.165) is 12.1 Å². The fraction of sp³-hybridized carbons (Fsp3) is 0.222. The number of sulfonamides is 1. The van der Waals surface area contributed by atoms with Crippen LogP contribution in [0, 0.1) is 0 Å². The zero-order chi connectivity index (χ0) is 27.8. The Morgan fingerprint density at radius 1 is 0.923 bits per heavy atom. The summed E-state index contributed by atoms with van der Waals surface area (Å²) in [6.07, 6.45) is -2.19. The first kappa shape index (κ1) is 26.6. The van der Waals surface area contributed by atoms with Gasteiger partial charge in [-0.1, -0.05) is 18.2 Å². The number of nitrogens with zero attached hydrogens (tertiary/aromatic N) is 3. The number of carbonyl (C=O) groups is 1. The molecule has 2 aromatic carbocycles. The number of carbonyl (C=O) groups excluding carboxylic acids is 1. The minimum atomic E-state index is -4.67. The number of benzene rings is 2. The van der Waals surface area contributed by atoms with Crippen molar-refractivity contribution in [3.8, 4) is 0 Å². The summed E-state index contributed by atoms with van der Waals surface area (Å²) < 4.78 is 68.9. The van der Waals surface area contributed by atoms with E-state index in [0.29, 0.717) is 10.9 Å². The van der Waals surface area contributed by atoms with Crippen molar-refractivity contribution in [2.45, 2.75) is 29.5 Å². The standard InChI is InChI=1S/C27H23F3N4O4S/c28-27(29,30)21-6-3-15-32-24(21)26(36)12-16-34(17-13-26)25(35)19-8-10-20(11-9-19)33-39(37,38)22-7-1-4-18-5-2-14-31-23(18)22/h1-11,14-15,33,36H,12-13,16-17H2. The summed E-state index contributed by atoms with van der Waals surface area (Å²) in [7, 11) is -3.97. The number of pyridine rings is 2. The number of anilines is 1. The Kier molecular flexibility index (Phi) is 6.77. The van der Waals surface area contributed by atoms with Crippen molar-refractivity contribution in [3.05, 3.63) is 95.9 Å². The van der Waals surface area contributed by atoms with Gasteiger partial charge in [-0.3, -0.25) is 19.5 Å². The summed E-state index contributed by atoms with van der Waals surface area (Å²) in [6, 6.07) is 16.2. The van der Waals surface area contributed by atoms with Crippen LogP contribution < -0.4 is 4.72 Å². The summed E-state index contributed by atoms with van der Waals surface area (Å²) in [5, 5.41) is 11.7. The monoisotopic (exact) mass is 556 g/mol. The number of hydrogen-bond donors (Lipinski definition) is 2. The molecule has 0 bridgehead atoms. The van der Waals surface area contributed by atoms with Crippen molar-refractivity contribution in [2.75, 3.05) is 17.8 Å². The predicted octanol–water partition coefficient (Wildman–Crippen LogP) is 4.57. The van der Waals surface area contributed by atoms with Crippen LogP contribution in [0.15, 0.2) is 84.0 Å². The molecule has 1 amide bonds.